The molecule has 1 aliphatic heterocycles. The number of anilines is 3. The Balaban J connectivity index is 1.59. The van der Waals surface area contributed by atoms with E-state index in [-0.39, 0.29) is 5.91 Å². The molecule has 0 saturated carbocycles. The van der Waals surface area contributed by atoms with Gasteiger partial charge in [-0.25, -0.2) is 0 Å². The largest absolute Gasteiger partial charge is 0.497 e. The number of benzene rings is 2. The molecule has 7 heteroatoms. The first-order chi connectivity index (χ1) is 13.6. The number of nitrogens with one attached hydrogen (secondary N) is 2. The van der Waals surface area contributed by atoms with E-state index >= 15 is 0 Å². The molecule has 3 rings (SSSR count). The predicted molar refractivity (Wildman–Crippen MR) is 111 cm³/mol. The van der Waals surface area contributed by atoms with E-state index in [0.717, 1.165) is 43.4 Å². The topological polar surface area (TPSA) is 72.1 Å². The Morgan fingerprint density at radius 1 is 1.07 bits per heavy atom. The number of hydrogen-bond donors (Lipinski definition) is 2. The van der Waals surface area contributed by atoms with Gasteiger partial charge in [0.25, 0.3) is 0 Å². The highest BCUT2D eigenvalue weighted by Crippen LogP contribution is 2.29. The lowest BCUT2D eigenvalue weighted by Crippen LogP contribution is -2.36. The van der Waals surface area contributed by atoms with Crippen LogP contribution in [0.4, 0.5) is 17.1 Å². The fourth-order valence-corrected chi connectivity index (χ4v) is 3.04. The average Bonchev–Trinajstić information content (AvgIpc) is 2.75. The molecule has 150 valence electrons. The van der Waals surface area contributed by atoms with Gasteiger partial charge < -0.3 is 29.7 Å². The molecule has 2 aromatic carbocycles. The Morgan fingerprint density at radius 2 is 1.79 bits per heavy atom. The Labute approximate surface area is 165 Å². The average molecular weight is 385 g/mol. The maximum atomic E-state index is 12.6. The van der Waals surface area contributed by atoms with Gasteiger partial charge in [0.05, 0.1) is 33.1 Å². The molecule has 0 bridgehead atoms. The van der Waals surface area contributed by atoms with E-state index in [9.17, 15) is 4.79 Å². The minimum Gasteiger partial charge on any atom is -0.497 e. The van der Waals surface area contributed by atoms with E-state index in [1.165, 1.54) is 0 Å². The molecule has 0 spiro atoms. The number of amides is 1. The molecule has 1 atom stereocenters. The SMILES string of the molecule is COc1ccc(N[C@@H](C)C(=O)Nc2ccc(N3CCOCC3)cc2)c(OC)c1. The molecule has 1 aliphatic rings. The molecule has 28 heavy (non-hydrogen) atoms. The normalized spacial score (nSPS) is 14.9. The second-order valence-corrected chi connectivity index (χ2v) is 6.57. The number of nitrogens with zero attached hydrogens (tertiary/aromatic N) is 1. The number of morpholine rings is 1. The maximum absolute atomic E-state index is 12.6. The van der Waals surface area contributed by atoms with Gasteiger partial charge in [0.15, 0.2) is 0 Å². The highest BCUT2D eigenvalue weighted by molar-refractivity contribution is 5.96. The first-order valence-corrected chi connectivity index (χ1v) is 9.33. The van der Waals surface area contributed by atoms with Gasteiger partial charge in [-0.05, 0) is 43.3 Å². The van der Waals surface area contributed by atoms with E-state index in [2.05, 4.69) is 15.5 Å². The van der Waals surface area contributed by atoms with E-state index in [1.54, 1.807) is 27.2 Å². The molecule has 2 N–H and O–H groups in total. The minimum absolute atomic E-state index is 0.128. The van der Waals surface area contributed by atoms with Crippen molar-refractivity contribution in [3.8, 4) is 11.5 Å². The van der Waals surface area contributed by atoms with Crippen LogP contribution >= 0.6 is 0 Å². The van der Waals surface area contributed by atoms with Crippen molar-refractivity contribution in [1.82, 2.24) is 0 Å². The molecule has 2 aromatic rings. The van der Waals surface area contributed by atoms with Crippen LogP contribution in [-0.2, 0) is 9.53 Å². The number of carbonyl (C=O) groups excluding carboxylic acids is 1. The lowest BCUT2D eigenvalue weighted by molar-refractivity contribution is -0.116. The fourth-order valence-electron chi connectivity index (χ4n) is 3.04. The van der Waals surface area contributed by atoms with E-state index in [1.807, 2.05) is 36.4 Å². The lowest BCUT2D eigenvalue weighted by Gasteiger charge is -2.29. The molecule has 0 radical (unpaired) electrons. The van der Waals surface area contributed by atoms with Crippen LogP contribution in [0.5, 0.6) is 11.5 Å². The van der Waals surface area contributed by atoms with Crippen molar-refractivity contribution in [2.45, 2.75) is 13.0 Å². The lowest BCUT2D eigenvalue weighted by atomic mass is 10.2. The summed E-state index contributed by atoms with van der Waals surface area (Å²) in [6, 6.07) is 12.9. The van der Waals surface area contributed by atoms with Crippen LogP contribution in [0.15, 0.2) is 42.5 Å². The Bertz CT molecular complexity index is 789. The predicted octanol–water partition coefficient (Wildman–Crippen LogP) is 2.98. The molecule has 1 amide bonds. The summed E-state index contributed by atoms with van der Waals surface area (Å²) in [6.45, 7) is 5.07. The molecular weight excluding hydrogens is 358 g/mol. The van der Waals surface area contributed by atoms with Crippen molar-refractivity contribution in [3.63, 3.8) is 0 Å². The quantitative estimate of drug-likeness (QED) is 0.764. The van der Waals surface area contributed by atoms with Crippen molar-refractivity contribution in [1.29, 1.82) is 0 Å². The summed E-state index contributed by atoms with van der Waals surface area (Å²) in [5.74, 6) is 1.19. The van der Waals surface area contributed by atoms with Crippen molar-refractivity contribution in [3.05, 3.63) is 42.5 Å². The highest BCUT2D eigenvalue weighted by atomic mass is 16.5. The number of hydrogen-bond acceptors (Lipinski definition) is 6. The second kappa shape index (κ2) is 9.32. The molecule has 7 nitrogen and oxygen atoms in total. The number of rotatable bonds is 7. The maximum Gasteiger partial charge on any atom is 0.246 e. The molecule has 1 heterocycles. The summed E-state index contributed by atoms with van der Waals surface area (Å²) in [5.41, 5.74) is 2.63. The number of methoxy groups -OCH3 is 2. The van der Waals surface area contributed by atoms with Crippen LogP contribution in [0.1, 0.15) is 6.92 Å². The van der Waals surface area contributed by atoms with Crippen molar-refractivity contribution < 1.29 is 19.0 Å². The summed E-state index contributed by atoms with van der Waals surface area (Å²) in [4.78, 5) is 14.8. The second-order valence-electron chi connectivity index (χ2n) is 6.57. The van der Waals surface area contributed by atoms with E-state index < -0.39 is 6.04 Å². The van der Waals surface area contributed by atoms with Gasteiger partial charge in [-0.3, -0.25) is 4.79 Å². The van der Waals surface area contributed by atoms with Crippen molar-refractivity contribution >= 4 is 23.0 Å². The Kier molecular flexibility index (Phi) is 6.60. The Hall–Kier alpha value is -2.93. The van der Waals surface area contributed by atoms with Gasteiger partial charge in [-0.15, -0.1) is 0 Å². The van der Waals surface area contributed by atoms with Gasteiger partial charge >= 0.3 is 0 Å². The third kappa shape index (κ3) is 4.86. The fraction of sp³-hybridized carbons (Fsp3) is 0.381. The van der Waals surface area contributed by atoms with Crippen molar-refractivity contribution in [2.24, 2.45) is 0 Å². The van der Waals surface area contributed by atoms with Gasteiger partial charge in [0, 0.05) is 30.5 Å². The zero-order chi connectivity index (χ0) is 19.9. The first kappa shape index (κ1) is 19.8. The summed E-state index contributed by atoms with van der Waals surface area (Å²) in [5, 5.41) is 6.12. The monoisotopic (exact) mass is 385 g/mol. The third-order valence-corrected chi connectivity index (χ3v) is 4.69. The number of carbonyl (C=O) groups is 1. The summed E-state index contributed by atoms with van der Waals surface area (Å²) in [7, 11) is 3.18. The third-order valence-electron chi connectivity index (χ3n) is 4.69. The van der Waals surface area contributed by atoms with E-state index in [4.69, 9.17) is 14.2 Å². The number of ether oxygens (including phenoxy) is 3. The van der Waals surface area contributed by atoms with Gasteiger partial charge in [0.2, 0.25) is 5.91 Å². The van der Waals surface area contributed by atoms with Crippen LogP contribution in [0, 0.1) is 0 Å². The summed E-state index contributed by atoms with van der Waals surface area (Å²) >= 11 is 0. The molecule has 1 fully saturated rings. The molecule has 0 aliphatic carbocycles. The molecular formula is C21H27N3O4. The van der Waals surface area contributed by atoms with E-state index in [0.29, 0.717) is 11.5 Å². The standard InChI is InChI=1S/C21H27N3O4/c1-15(22-19-9-8-18(26-2)14-20(19)27-3)21(25)23-16-4-6-17(7-5-16)24-10-12-28-13-11-24/h4-9,14-15,22H,10-13H2,1-3H3,(H,23,25)/t15-/m0/s1. The molecule has 0 unspecified atom stereocenters. The van der Waals surface area contributed by atoms with Crippen LogP contribution in [0.3, 0.4) is 0 Å². The first-order valence-electron chi connectivity index (χ1n) is 9.33. The zero-order valence-corrected chi connectivity index (χ0v) is 16.5. The van der Waals surface area contributed by atoms with Gasteiger partial charge in [0.1, 0.15) is 17.5 Å². The smallest absolute Gasteiger partial charge is 0.246 e. The van der Waals surface area contributed by atoms with Crippen molar-refractivity contribution in [2.75, 3.05) is 56.1 Å². The minimum atomic E-state index is -0.443. The summed E-state index contributed by atoms with van der Waals surface area (Å²) < 4.78 is 15.9. The van der Waals surface area contributed by atoms with Crippen LogP contribution < -0.4 is 25.0 Å². The molecule has 1 saturated heterocycles. The van der Waals surface area contributed by atoms with Gasteiger partial charge in [-0.2, -0.15) is 0 Å². The Morgan fingerprint density at radius 3 is 2.43 bits per heavy atom. The van der Waals surface area contributed by atoms with Gasteiger partial charge in [-0.1, -0.05) is 0 Å². The summed E-state index contributed by atoms with van der Waals surface area (Å²) in [6.07, 6.45) is 0. The van der Waals surface area contributed by atoms with Crippen LogP contribution in [0.25, 0.3) is 0 Å². The van der Waals surface area contributed by atoms with Crippen LogP contribution in [-0.4, -0.2) is 52.5 Å². The molecule has 0 aromatic heterocycles. The zero-order valence-electron chi connectivity index (χ0n) is 16.5. The highest BCUT2D eigenvalue weighted by Gasteiger charge is 2.16. The van der Waals surface area contributed by atoms with Crippen LogP contribution in [0.2, 0.25) is 0 Å².